The van der Waals surface area contributed by atoms with Gasteiger partial charge >= 0.3 is 0 Å². The molecule has 5 nitrogen and oxygen atoms in total. The fourth-order valence-electron chi connectivity index (χ4n) is 1.69. The topological polar surface area (TPSA) is 49.0 Å². The van der Waals surface area contributed by atoms with Gasteiger partial charge in [0.1, 0.15) is 12.4 Å². The molecule has 0 fully saturated rings. The summed E-state index contributed by atoms with van der Waals surface area (Å²) < 4.78 is 21.3. The van der Waals surface area contributed by atoms with Gasteiger partial charge in [0.15, 0.2) is 0 Å². The number of hydrogen-bond acceptors (Lipinski definition) is 5. The first-order valence-electron chi connectivity index (χ1n) is 6.98. The van der Waals surface area contributed by atoms with Crippen molar-refractivity contribution in [3.8, 4) is 5.75 Å². The maximum Gasteiger partial charge on any atom is 0.124 e. The maximum atomic E-state index is 5.98. The monoisotopic (exact) mass is 317 g/mol. The molecule has 0 aromatic heterocycles. The van der Waals surface area contributed by atoms with Crippen LogP contribution in [0.2, 0.25) is 5.02 Å². The Labute approximate surface area is 131 Å². The van der Waals surface area contributed by atoms with E-state index in [1.807, 2.05) is 25.2 Å². The zero-order chi connectivity index (χ0) is 15.3. The number of benzene rings is 1. The van der Waals surface area contributed by atoms with Crippen LogP contribution in [0.5, 0.6) is 5.75 Å². The average molecular weight is 318 g/mol. The van der Waals surface area contributed by atoms with Crippen LogP contribution < -0.4 is 10.1 Å². The van der Waals surface area contributed by atoms with Crippen LogP contribution in [0, 0.1) is 0 Å². The summed E-state index contributed by atoms with van der Waals surface area (Å²) in [6, 6.07) is 5.60. The van der Waals surface area contributed by atoms with E-state index in [0.29, 0.717) is 51.2 Å². The number of nitrogens with one attached hydrogen (secondary N) is 1. The predicted octanol–water partition coefficient (Wildman–Crippen LogP) is 2.12. The molecule has 0 aliphatic rings. The van der Waals surface area contributed by atoms with E-state index in [4.69, 9.17) is 30.5 Å². The molecule has 1 rings (SSSR count). The third-order valence-corrected chi connectivity index (χ3v) is 2.91. The van der Waals surface area contributed by atoms with Gasteiger partial charge in [-0.05, 0) is 25.2 Å². The van der Waals surface area contributed by atoms with Crippen molar-refractivity contribution in [2.24, 2.45) is 0 Å². The van der Waals surface area contributed by atoms with Gasteiger partial charge in [0, 0.05) is 24.2 Å². The van der Waals surface area contributed by atoms with Gasteiger partial charge in [0.2, 0.25) is 0 Å². The third-order valence-electron chi connectivity index (χ3n) is 2.68. The van der Waals surface area contributed by atoms with Crippen molar-refractivity contribution in [3.63, 3.8) is 0 Å². The zero-order valence-corrected chi connectivity index (χ0v) is 13.4. The molecule has 0 unspecified atom stereocenters. The molecule has 120 valence electrons. The Balaban J connectivity index is 2.15. The molecular formula is C15H24ClNO4. The minimum Gasteiger partial charge on any atom is -0.491 e. The maximum absolute atomic E-state index is 5.98. The Morgan fingerprint density at radius 1 is 1.00 bits per heavy atom. The zero-order valence-electron chi connectivity index (χ0n) is 12.7. The lowest BCUT2D eigenvalue weighted by Crippen LogP contribution is -2.13. The van der Waals surface area contributed by atoms with E-state index in [2.05, 4.69) is 5.32 Å². The van der Waals surface area contributed by atoms with Crippen LogP contribution in [0.15, 0.2) is 18.2 Å². The first kappa shape index (κ1) is 18.2. The van der Waals surface area contributed by atoms with E-state index < -0.39 is 0 Å². The lowest BCUT2D eigenvalue weighted by atomic mass is 10.2. The molecule has 0 saturated heterocycles. The number of halogens is 1. The SMILES string of the molecule is CNCc1cc(Cl)ccc1OCCOCCOCCOC. The second kappa shape index (κ2) is 11.8. The lowest BCUT2D eigenvalue weighted by Gasteiger charge is -2.12. The molecule has 0 heterocycles. The molecule has 0 atom stereocenters. The van der Waals surface area contributed by atoms with E-state index in [1.165, 1.54) is 0 Å². The lowest BCUT2D eigenvalue weighted by molar-refractivity contribution is 0.0179. The average Bonchev–Trinajstić information content (AvgIpc) is 2.48. The minimum absolute atomic E-state index is 0.496. The molecule has 1 aromatic carbocycles. The van der Waals surface area contributed by atoms with Crippen LogP contribution in [0.4, 0.5) is 0 Å². The van der Waals surface area contributed by atoms with Gasteiger partial charge in [0.05, 0.1) is 33.0 Å². The van der Waals surface area contributed by atoms with Crippen LogP contribution >= 0.6 is 11.6 Å². The molecule has 0 saturated carbocycles. The Hall–Kier alpha value is -0.850. The fourth-order valence-corrected chi connectivity index (χ4v) is 1.89. The minimum atomic E-state index is 0.496. The molecule has 1 N–H and O–H groups in total. The smallest absolute Gasteiger partial charge is 0.124 e. The van der Waals surface area contributed by atoms with Crippen molar-refractivity contribution < 1.29 is 18.9 Å². The van der Waals surface area contributed by atoms with Gasteiger partial charge in [-0.25, -0.2) is 0 Å². The van der Waals surface area contributed by atoms with Crippen molar-refractivity contribution >= 4 is 11.6 Å². The molecule has 0 amide bonds. The first-order chi connectivity index (χ1) is 10.3. The van der Waals surface area contributed by atoms with Gasteiger partial charge in [-0.1, -0.05) is 11.6 Å². The second-order valence-corrected chi connectivity index (χ2v) is 4.78. The Morgan fingerprint density at radius 3 is 2.33 bits per heavy atom. The molecule has 0 radical (unpaired) electrons. The highest BCUT2D eigenvalue weighted by atomic mass is 35.5. The molecule has 0 aliphatic heterocycles. The molecule has 21 heavy (non-hydrogen) atoms. The van der Waals surface area contributed by atoms with E-state index in [9.17, 15) is 0 Å². The first-order valence-corrected chi connectivity index (χ1v) is 7.36. The highest BCUT2D eigenvalue weighted by Crippen LogP contribution is 2.22. The van der Waals surface area contributed by atoms with Crippen molar-refractivity contribution in [3.05, 3.63) is 28.8 Å². The fraction of sp³-hybridized carbons (Fsp3) is 0.600. The van der Waals surface area contributed by atoms with Gasteiger partial charge < -0.3 is 24.3 Å². The van der Waals surface area contributed by atoms with Crippen LogP contribution in [0.1, 0.15) is 5.56 Å². The van der Waals surface area contributed by atoms with E-state index in [-0.39, 0.29) is 0 Å². The number of hydrogen-bond donors (Lipinski definition) is 1. The molecule has 0 spiro atoms. The van der Waals surface area contributed by atoms with Crippen molar-refractivity contribution in [2.75, 3.05) is 53.8 Å². The number of ether oxygens (including phenoxy) is 4. The largest absolute Gasteiger partial charge is 0.491 e. The van der Waals surface area contributed by atoms with Gasteiger partial charge in [-0.3, -0.25) is 0 Å². The summed E-state index contributed by atoms with van der Waals surface area (Å²) in [6.07, 6.45) is 0. The summed E-state index contributed by atoms with van der Waals surface area (Å²) in [6.45, 7) is 4.05. The molecule has 1 aromatic rings. The van der Waals surface area contributed by atoms with Gasteiger partial charge in [-0.2, -0.15) is 0 Å². The van der Waals surface area contributed by atoms with E-state index in [1.54, 1.807) is 7.11 Å². The molecule has 0 bridgehead atoms. The third kappa shape index (κ3) is 8.24. The van der Waals surface area contributed by atoms with Crippen molar-refractivity contribution in [2.45, 2.75) is 6.54 Å². The Morgan fingerprint density at radius 2 is 1.67 bits per heavy atom. The normalized spacial score (nSPS) is 10.8. The summed E-state index contributed by atoms with van der Waals surface area (Å²) >= 11 is 5.98. The summed E-state index contributed by atoms with van der Waals surface area (Å²) in [5.74, 6) is 0.827. The quantitative estimate of drug-likeness (QED) is 0.598. The Kier molecular flexibility index (Phi) is 10.2. The van der Waals surface area contributed by atoms with E-state index in [0.717, 1.165) is 11.3 Å². The van der Waals surface area contributed by atoms with Crippen molar-refractivity contribution in [1.29, 1.82) is 0 Å². The van der Waals surface area contributed by atoms with Crippen LogP contribution in [-0.2, 0) is 20.8 Å². The van der Waals surface area contributed by atoms with E-state index >= 15 is 0 Å². The summed E-state index contributed by atoms with van der Waals surface area (Å²) in [5, 5.41) is 3.80. The molecule has 0 aliphatic carbocycles. The standard InChI is InChI=1S/C15H24ClNO4/c1-17-12-13-11-14(16)3-4-15(13)21-10-9-20-8-7-19-6-5-18-2/h3-4,11,17H,5-10,12H2,1-2H3. The molecular weight excluding hydrogens is 294 g/mol. The van der Waals surface area contributed by atoms with Crippen molar-refractivity contribution in [1.82, 2.24) is 5.32 Å². The van der Waals surface area contributed by atoms with Crippen LogP contribution in [0.25, 0.3) is 0 Å². The highest BCUT2D eigenvalue weighted by Gasteiger charge is 2.04. The molecule has 6 heteroatoms. The Bertz CT molecular complexity index is 390. The number of methoxy groups -OCH3 is 1. The van der Waals surface area contributed by atoms with Gasteiger partial charge in [0.25, 0.3) is 0 Å². The highest BCUT2D eigenvalue weighted by molar-refractivity contribution is 6.30. The second-order valence-electron chi connectivity index (χ2n) is 4.35. The summed E-state index contributed by atoms with van der Waals surface area (Å²) in [4.78, 5) is 0. The van der Waals surface area contributed by atoms with Crippen LogP contribution in [-0.4, -0.2) is 53.8 Å². The summed E-state index contributed by atoms with van der Waals surface area (Å²) in [5.41, 5.74) is 1.04. The number of rotatable bonds is 12. The predicted molar refractivity (Wildman–Crippen MR) is 83.2 cm³/mol. The van der Waals surface area contributed by atoms with Gasteiger partial charge in [-0.15, -0.1) is 0 Å². The summed E-state index contributed by atoms with van der Waals surface area (Å²) in [7, 11) is 3.54. The van der Waals surface area contributed by atoms with Crippen LogP contribution in [0.3, 0.4) is 0 Å².